The summed E-state index contributed by atoms with van der Waals surface area (Å²) in [6.45, 7) is 2.08. The van der Waals surface area contributed by atoms with E-state index in [1.54, 1.807) is 0 Å². The maximum absolute atomic E-state index is 12.9. The van der Waals surface area contributed by atoms with E-state index in [1.165, 1.54) is 18.4 Å². The molecule has 114 valence electrons. The third kappa shape index (κ3) is 2.20. The second-order valence-electron chi connectivity index (χ2n) is 6.69. The van der Waals surface area contributed by atoms with Gasteiger partial charge in [-0.25, -0.2) is 0 Å². The molecular formula is C19H22N2O. The van der Waals surface area contributed by atoms with Crippen molar-refractivity contribution in [1.29, 1.82) is 0 Å². The lowest BCUT2D eigenvalue weighted by molar-refractivity contribution is 0.0938. The minimum atomic E-state index is 0.114. The number of hydrogen-bond donors (Lipinski definition) is 1. The van der Waals surface area contributed by atoms with Crippen molar-refractivity contribution in [3.8, 4) is 0 Å². The van der Waals surface area contributed by atoms with E-state index in [0.717, 1.165) is 59.8 Å². The molecule has 2 aliphatic rings. The quantitative estimate of drug-likeness (QED) is 0.917. The molecule has 0 saturated heterocycles. The SMILES string of the molecule is Cc1cccc2c(C(=O)NC3CCCC3)c3c(nc12)CCC3. The summed E-state index contributed by atoms with van der Waals surface area (Å²) in [5.74, 6) is 0.114. The van der Waals surface area contributed by atoms with Crippen LogP contribution < -0.4 is 5.32 Å². The van der Waals surface area contributed by atoms with E-state index in [2.05, 4.69) is 24.4 Å². The number of para-hydroxylation sites is 1. The van der Waals surface area contributed by atoms with Crippen molar-refractivity contribution in [1.82, 2.24) is 10.3 Å². The molecule has 1 fully saturated rings. The molecule has 2 aliphatic carbocycles. The number of aromatic nitrogens is 1. The average Bonchev–Trinajstić information content (AvgIpc) is 3.16. The van der Waals surface area contributed by atoms with Gasteiger partial charge in [0.1, 0.15) is 0 Å². The lowest BCUT2D eigenvalue weighted by Crippen LogP contribution is -2.33. The highest BCUT2D eigenvalue weighted by Crippen LogP contribution is 2.31. The molecule has 1 aromatic heterocycles. The number of benzene rings is 1. The van der Waals surface area contributed by atoms with Gasteiger partial charge in [0.05, 0.1) is 11.1 Å². The first kappa shape index (κ1) is 13.7. The third-order valence-corrected chi connectivity index (χ3v) is 5.16. The van der Waals surface area contributed by atoms with Gasteiger partial charge in [0.15, 0.2) is 0 Å². The Morgan fingerprint density at radius 1 is 1.18 bits per heavy atom. The first-order valence-electron chi connectivity index (χ1n) is 8.46. The van der Waals surface area contributed by atoms with E-state index >= 15 is 0 Å². The number of aryl methyl sites for hydroxylation is 2. The predicted molar refractivity (Wildman–Crippen MR) is 88.2 cm³/mol. The highest BCUT2D eigenvalue weighted by Gasteiger charge is 2.26. The first-order valence-corrected chi connectivity index (χ1v) is 8.46. The van der Waals surface area contributed by atoms with Gasteiger partial charge in [0.2, 0.25) is 0 Å². The normalized spacial score (nSPS) is 17.9. The Kier molecular flexibility index (Phi) is 3.36. The fourth-order valence-electron chi connectivity index (χ4n) is 4.01. The second kappa shape index (κ2) is 5.38. The van der Waals surface area contributed by atoms with Gasteiger partial charge in [-0.15, -0.1) is 0 Å². The molecule has 1 N–H and O–H groups in total. The summed E-state index contributed by atoms with van der Waals surface area (Å²) >= 11 is 0. The van der Waals surface area contributed by atoms with Crippen LogP contribution in [0.25, 0.3) is 10.9 Å². The zero-order chi connectivity index (χ0) is 15.1. The Morgan fingerprint density at radius 3 is 2.82 bits per heavy atom. The third-order valence-electron chi connectivity index (χ3n) is 5.16. The Bertz CT molecular complexity index is 745. The summed E-state index contributed by atoms with van der Waals surface area (Å²) in [5, 5.41) is 4.29. The van der Waals surface area contributed by atoms with Crippen LogP contribution in [0, 0.1) is 6.92 Å². The molecule has 0 atom stereocenters. The van der Waals surface area contributed by atoms with Crippen LogP contribution in [0.15, 0.2) is 18.2 Å². The number of carbonyl (C=O) groups is 1. The Morgan fingerprint density at radius 2 is 2.00 bits per heavy atom. The van der Waals surface area contributed by atoms with E-state index in [1.807, 2.05) is 6.07 Å². The van der Waals surface area contributed by atoms with E-state index < -0.39 is 0 Å². The van der Waals surface area contributed by atoms with Crippen molar-refractivity contribution < 1.29 is 4.79 Å². The molecule has 4 rings (SSSR count). The van der Waals surface area contributed by atoms with Crippen LogP contribution in [0.1, 0.15) is 59.3 Å². The van der Waals surface area contributed by atoms with Gasteiger partial charge in [0.25, 0.3) is 5.91 Å². The molecule has 0 bridgehead atoms. The molecule has 0 unspecified atom stereocenters. The fraction of sp³-hybridized carbons (Fsp3) is 0.474. The molecule has 22 heavy (non-hydrogen) atoms. The van der Waals surface area contributed by atoms with Crippen LogP contribution in [0.5, 0.6) is 0 Å². The number of pyridine rings is 1. The number of rotatable bonds is 2. The van der Waals surface area contributed by atoms with Gasteiger partial charge < -0.3 is 5.32 Å². The van der Waals surface area contributed by atoms with Gasteiger partial charge in [-0.3, -0.25) is 9.78 Å². The molecular weight excluding hydrogens is 272 g/mol. The maximum Gasteiger partial charge on any atom is 0.252 e. The van der Waals surface area contributed by atoms with Crippen LogP contribution in [0.2, 0.25) is 0 Å². The molecule has 1 heterocycles. The molecule has 1 saturated carbocycles. The molecule has 0 spiro atoms. The summed E-state index contributed by atoms with van der Waals surface area (Å²) in [7, 11) is 0. The summed E-state index contributed by atoms with van der Waals surface area (Å²) in [5.41, 5.74) is 5.38. The van der Waals surface area contributed by atoms with Gasteiger partial charge in [0, 0.05) is 17.1 Å². The Balaban J connectivity index is 1.84. The van der Waals surface area contributed by atoms with Crippen molar-refractivity contribution >= 4 is 16.8 Å². The topological polar surface area (TPSA) is 42.0 Å². The van der Waals surface area contributed by atoms with Crippen LogP contribution >= 0.6 is 0 Å². The standard InChI is InChI=1S/C19H22N2O/c1-12-6-4-10-15-17(19(22)20-13-7-2-3-8-13)14-9-5-11-16(14)21-18(12)15/h4,6,10,13H,2-3,5,7-9,11H2,1H3,(H,20,22). The summed E-state index contributed by atoms with van der Waals surface area (Å²) in [6.07, 6.45) is 7.81. The van der Waals surface area contributed by atoms with Gasteiger partial charge >= 0.3 is 0 Å². The van der Waals surface area contributed by atoms with Crippen molar-refractivity contribution in [3.63, 3.8) is 0 Å². The van der Waals surface area contributed by atoms with Gasteiger partial charge in [-0.05, 0) is 50.2 Å². The fourth-order valence-corrected chi connectivity index (χ4v) is 4.01. The zero-order valence-electron chi connectivity index (χ0n) is 13.1. The van der Waals surface area contributed by atoms with Crippen molar-refractivity contribution in [2.24, 2.45) is 0 Å². The average molecular weight is 294 g/mol. The summed E-state index contributed by atoms with van der Waals surface area (Å²) in [6, 6.07) is 6.53. The highest BCUT2D eigenvalue weighted by atomic mass is 16.1. The van der Waals surface area contributed by atoms with Gasteiger partial charge in [-0.2, -0.15) is 0 Å². The minimum Gasteiger partial charge on any atom is -0.349 e. The van der Waals surface area contributed by atoms with E-state index in [0.29, 0.717) is 6.04 Å². The first-order chi connectivity index (χ1) is 10.7. The molecule has 0 radical (unpaired) electrons. The molecule has 1 aromatic carbocycles. The van der Waals surface area contributed by atoms with Crippen LogP contribution in [0.3, 0.4) is 0 Å². The summed E-state index contributed by atoms with van der Waals surface area (Å²) in [4.78, 5) is 17.8. The number of carbonyl (C=O) groups excluding carboxylic acids is 1. The second-order valence-corrected chi connectivity index (χ2v) is 6.69. The summed E-state index contributed by atoms with van der Waals surface area (Å²) < 4.78 is 0. The number of amides is 1. The predicted octanol–water partition coefficient (Wildman–Crippen LogP) is 3.70. The number of fused-ring (bicyclic) bond motifs is 2. The van der Waals surface area contributed by atoms with Crippen LogP contribution in [0.4, 0.5) is 0 Å². The molecule has 0 aliphatic heterocycles. The monoisotopic (exact) mass is 294 g/mol. The van der Waals surface area contributed by atoms with Crippen LogP contribution in [-0.2, 0) is 12.8 Å². The number of nitrogens with one attached hydrogen (secondary N) is 1. The van der Waals surface area contributed by atoms with Crippen LogP contribution in [-0.4, -0.2) is 16.9 Å². The van der Waals surface area contributed by atoms with Gasteiger partial charge in [-0.1, -0.05) is 31.0 Å². The van der Waals surface area contributed by atoms with Crippen molar-refractivity contribution in [2.45, 2.75) is 57.9 Å². The largest absolute Gasteiger partial charge is 0.349 e. The van der Waals surface area contributed by atoms with E-state index in [4.69, 9.17) is 4.98 Å². The lowest BCUT2D eigenvalue weighted by atomic mass is 9.98. The maximum atomic E-state index is 12.9. The Hall–Kier alpha value is -1.90. The highest BCUT2D eigenvalue weighted by molar-refractivity contribution is 6.08. The van der Waals surface area contributed by atoms with E-state index in [9.17, 15) is 4.79 Å². The lowest BCUT2D eigenvalue weighted by Gasteiger charge is -2.16. The smallest absolute Gasteiger partial charge is 0.252 e. The van der Waals surface area contributed by atoms with E-state index in [-0.39, 0.29) is 5.91 Å². The van der Waals surface area contributed by atoms with Crippen molar-refractivity contribution in [2.75, 3.05) is 0 Å². The number of hydrogen-bond acceptors (Lipinski definition) is 2. The molecule has 3 nitrogen and oxygen atoms in total. The number of nitrogens with zero attached hydrogens (tertiary/aromatic N) is 1. The van der Waals surface area contributed by atoms with Crippen molar-refractivity contribution in [3.05, 3.63) is 40.6 Å². The zero-order valence-corrected chi connectivity index (χ0v) is 13.1. The molecule has 1 amide bonds. The minimum absolute atomic E-state index is 0.114. The molecule has 3 heteroatoms. The Labute approximate surface area is 131 Å². The molecule has 2 aromatic rings.